The van der Waals surface area contributed by atoms with E-state index in [9.17, 15) is 19.5 Å². The Morgan fingerprint density at radius 2 is 1.97 bits per heavy atom. The first-order valence-corrected chi connectivity index (χ1v) is 9.40. The molecule has 1 N–H and O–H groups in total. The third-order valence-corrected chi connectivity index (χ3v) is 5.03. The number of fused-ring (bicyclic) bond motifs is 2. The summed E-state index contributed by atoms with van der Waals surface area (Å²) in [7, 11) is 0. The molecular weight excluding hydrogens is 386 g/mol. The van der Waals surface area contributed by atoms with Crippen molar-refractivity contribution < 1.29 is 23.8 Å². The van der Waals surface area contributed by atoms with Gasteiger partial charge in [0.2, 0.25) is 5.91 Å². The van der Waals surface area contributed by atoms with Crippen LogP contribution in [0.25, 0.3) is 17.0 Å². The SMILES string of the molecule is CC(=O)N1C=Cc2ccccc2C1CC(=O)OCc1cc(=O)oc2cc(O)ccc12. The average molecular weight is 405 g/mol. The standard InChI is InChI=1S/C23H19NO6/c1-14(25)24-9-8-15-4-2-3-5-18(15)20(24)12-22(27)29-13-16-10-23(28)30-21-11-17(26)6-7-19(16)21/h2-11,20,26H,12-13H2,1H3. The lowest BCUT2D eigenvalue weighted by Gasteiger charge is -2.32. The van der Waals surface area contributed by atoms with Gasteiger partial charge in [-0.15, -0.1) is 0 Å². The number of phenolic OH excluding ortho intramolecular Hbond substituents is 1. The number of rotatable bonds is 4. The van der Waals surface area contributed by atoms with Crippen molar-refractivity contribution in [2.75, 3.05) is 0 Å². The molecule has 0 spiro atoms. The molecule has 0 radical (unpaired) electrons. The topological polar surface area (TPSA) is 97.0 Å². The number of aromatic hydroxyl groups is 1. The Bertz CT molecular complexity index is 1230. The number of hydrogen-bond acceptors (Lipinski definition) is 6. The average Bonchev–Trinajstić information content (AvgIpc) is 2.71. The van der Waals surface area contributed by atoms with Crippen LogP contribution in [0.5, 0.6) is 5.75 Å². The number of benzene rings is 2. The van der Waals surface area contributed by atoms with Gasteiger partial charge in [0.05, 0.1) is 12.5 Å². The minimum Gasteiger partial charge on any atom is -0.508 e. The second kappa shape index (κ2) is 7.87. The van der Waals surface area contributed by atoms with Gasteiger partial charge in [0.15, 0.2) is 0 Å². The van der Waals surface area contributed by atoms with Crippen LogP contribution in [0.2, 0.25) is 0 Å². The third-order valence-electron chi connectivity index (χ3n) is 5.03. The van der Waals surface area contributed by atoms with Crippen LogP contribution in [0.4, 0.5) is 0 Å². The quantitative estimate of drug-likeness (QED) is 0.527. The molecule has 1 aromatic heterocycles. The molecule has 1 aliphatic heterocycles. The Morgan fingerprint density at radius 3 is 2.77 bits per heavy atom. The maximum atomic E-state index is 12.6. The Balaban J connectivity index is 1.54. The maximum Gasteiger partial charge on any atom is 0.336 e. The number of amides is 1. The molecule has 0 fully saturated rings. The zero-order valence-corrected chi connectivity index (χ0v) is 16.2. The number of hydrogen-bond donors (Lipinski definition) is 1. The number of carbonyl (C=O) groups excluding carboxylic acids is 2. The molecule has 0 saturated heterocycles. The van der Waals surface area contributed by atoms with Crippen molar-refractivity contribution in [3.8, 4) is 5.75 Å². The van der Waals surface area contributed by atoms with Crippen LogP contribution in [-0.2, 0) is 20.9 Å². The van der Waals surface area contributed by atoms with Gasteiger partial charge in [0, 0.05) is 36.2 Å². The largest absolute Gasteiger partial charge is 0.508 e. The molecule has 2 aromatic carbocycles. The van der Waals surface area contributed by atoms with E-state index in [0.29, 0.717) is 10.9 Å². The van der Waals surface area contributed by atoms with Crippen LogP contribution in [0.3, 0.4) is 0 Å². The third kappa shape index (κ3) is 3.82. The van der Waals surface area contributed by atoms with E-state index in [-0.39, 0.29) is 30.3 Å². The van der Waals surface area contributed by atoms with E-state index in [1.807, 2.05) is 30.3 Å². The molecule has 4 rings (SSSR count). The molecule has 152 valence electrons. The number of esters is 1. The fourth-order valence-electron chi connectivity index (χ4n) is 3.63. The second-order valence-corrected chi connectivity index (χ2v) is 7.02. The van der Waals surface area contributed by atoms with Gasteiger partial charge >= 0.3 is 11.6 Å². The Labute approximate surface area is 171 Å². The number of phenols is 1. The highest BCUT2D eigenvalue weighted by Crippen LogP contribution is 2.33. The van der Waals surface area contributed by atoms with Crippen LogP contribution in [0.15, 0.2) is 63.9 Å². The van der Waals surface area contributed by atoms with Crippen LogP contribution in [0, 0.1) is 0 Å². The van der Waals surface area contributed by atoms with Crippen molar-refractivity contribution in [1.82, 2.24) is 4.90 Å². The first kappa shape index (κ1) is 19.4. The number of nitrogens with zero attached hydrogens (tertiary/aromatic N) is 1. The van der Waals surface area contributed by atoms with Gasteiger partial charge in [-0.05, 0) is 29.3 Å². The predicted octanol–water partition coefficient (Wildman–Crippen LogP) is 3.51. The number of ether oxygens (including phenoxy) is 1. The zero-order valence-electron chi connectivity index (χ0n) is 16.2. The molecular formula is C23H19NO6. The summed E-state index contributed by atoms with van der Waals surface area (Å²) < 4.78 is 10.5. The molecule has 7 nitrogen and oxygen atoms in total. The fraction of sp³-hybridized carbons (Fsp3) is 0.174. The highest BCUT2D eigenvalue weighted by Gasteiger charge is 2.28. The van der Waals surface area contributed by atoms with Crippen LogP contribution >= 0.6 is 0 Å². The van der Waals surface area contributed by atoms with Gasteiger partial charge in [-0.1, -0.05) is 24.3 Å². The summed E-state index contributed by atoms with van der Waals surface area (Å²) >= 11 is 0. The van der Waals surface area contributed by atoms with E-state index in [1.165, 1.54) is 30.0 Å². The Kier molecular flexibility index (Phi) is 5.10. The maximum absolute atomic E-state index is 12.6. The van der Waals surface area contributed by atoms with Crippen LogP contribution in [0.1, 0.15) is 36.1 Å². The molecule has 1 unspecified atom stereocenters. The van der Waals surface area contributed by atoms with E-state index in [1.54, 1.807) is 12.3 Å². The fourth-order valence-corrected chi connectivity index (χ4v) is 3.63. The molecule has 0 saturated carbocycles. The van der Waals surface area contributed by atoms with E-state index >= 15 is 0 Å². The normalized spacial score (nSPS) is 15.1. The molecule has 3 aromatic rings. The lowest BCUT2D eigenvalue weighted by atomic mass is 9.94. The monoisotopic (exact) mass is 405 g/mol. The van der Waals surface area contributed by atoms with Crippen molar-refractivity contribution in [2.24, 2.45) is 0 Å². The van der Waals surface area contributed by atoms with Gasteiger partial charge in [-0.25, -0.2) is 4.79 Å². The number of carbonyl (C=O) groups is 2. The summed E-state index contributed by atoms with van der Waals surface area (Å²) in [6, 6.07) is 12.7. The lowest BCUT2D eigenvalue weighted by molar-refractivity contribution is -0.146. The summed E-state index contributed by atoms with van der Waals surface area (Å²) in [5.41, 5.74) is 1.89. The summed E-state index contributed by atoms with van der Waals surface area (Å²) in [5, 5.41) is 10.1. The first-order valence-electron chi connectivity index (χ1n) is 9.40. The molecule has 1 atom stereocenters. The van der Waals surface area contributed by atoms with Crippen molar-refractivity contribution in [1.29, 1.82) is 0 Å². The minimum absolute atomic E-state index is 0.0267. The van der Waals surface area contributed by atoms with Crippen LogP contribution < -0.4 is 5.63 Å². The van der Waals surface area contributed by atoms with Crippen LogP contribution in [-0.4, -0.2) is 21.9 Å². The van der Waals surface area contributed by atoms with E-state index in [2.05, 4.69) is 0 Å². The molecule has 1 aliphatic rings. The Morgan fingerprint density at radius 1 is 1.17 bits per heavy atom. The molecule has 1 amide bonds. The summed E-state index contributed by atoms with van der Waals surface area (Å²) in [5.74, 6) is -0.713. The highest BCUT2D eigenvalue weighted by molar-refractivity contribution is 5.82. The smallest absolute Gasteiger partial charge is 0.336 e. The van der Waals surface area contributed by atoms with Crippen molar-refractivity contribution >= 4 is 28.9 Å². The Hall–Kier alpha value is -3.87. The van der Waals surface area contributed by atoms with E-state index in [0.717, 1.165) is 11.1 Å². The van der Waals surface area contributed by atoms with Crippen molar-refractivity contribution in [3.63, 3.8) is 0 Å². The van der Waals surface area contributed by atoms with Gasteiger partial charge in [-0.3, -0.25) is 9.59 Å². The van der Waals surface area contributed by atoms with Gasteiger partial charge in [0.1, 0.15) is 17.9 Å². The van der Waals surface area contributed by atoms with Gasteiger partial charge in [0.25, 0.3) is 0 Å². The van der Waals surface area contributed by atoms with Crippen molar-refractivity contribution in [3.05, 3.63) is 81.8 Å². The zero-order chi connectivity index (χ0) is 21.3. The summed E-state index contributed by atoms with van der Waals surface area (Å²) in [4.78, 5) is 38.0. The molecule has 30 heavy (non-hydrogen) atoms. The van der Waals surface area contributed by atoms with Gasteiger partial charge < -0.3 is 19.2 Å². The molecule has 7 heteroatoms. The van der Waals surface area contributed by atoms with Crippen molar-refractivity contribution in [2.45, 2.75) is 26.0 Å². The summed E-state index contributed by atoms with van der Waals surface area (Å²) in [6.45, 7) is 1.32. The predicted molar refractivity (Wildman–Crippen MR) is 109 cm³/mol. The molecule has 0 bridgehead atoms. The highest BCUT2D eigenvalue weighted by atomic mass is 16.5. The van der Waals surface area contributed by atoms with E-state index in [4.69, 9.17) is 9.15 Å². The first-order chi connectivity index (χ1) is 14.4. The second-order valence-electron chi connectivity index (χ2n) is 7.02. The van der Waals surface area contributed by atoms with E-state index < -0.39 is 17.6 Å². The lowest BCUT2D eigenvalue weighted by Crippen LogP contribution is -2.32. The molecule has 0 aliphatic carbocycles. The van der Waals surface area contributed by atoms with Gasteiger partial charge in [-0.2, -0.15) is 0 Å². The summed E-state index contributed by atoms with van der Waals surface area (Å²) in [6.07, 6.45) is 3.48. The molecule has 2 heterocycles. The minimum atomic E-state index is -0.603.